The van der Waals surface area contributed by atoms with E-state index < -0.39 is 0 Å². The van der Waals surface area contributed by atoms with E-state index in [1.54, 1.807) is 0 Å². The number of hydrogen-bond donors (Lipinski definition) is 2. The first-order valence-electron chi connectivity index (χ1n) is 6.36. The van der Waals surface area contributed by atoms with E-state index in [9.17, 15) is 4.79 Å². The summed E-state index contributed by atoms with van der Waals surface area (Å²) in [5.74, 6) is 0.0230. The van der Waals surface area contributed by atoms with Crippen LogP contribution in [0.5, 0.6) is 0 Å². The molecule has 19 heavy (non-hydrogen) atoms. The Bertz CT molecular complexity index is 453. The molecule has 1 amide bonds. The molecule has 0 radical (unpaired) electrons. The van der Waals surface area contributed by atoms with Gasteiger partial charge in [-0.05, 0) is 50.9 Å². The van der Waals surface area contributed by atoms with Gasteiger partial charge < -0.3 is 10.6 Å². The van der Waals surface area contributed by atoms with Gasteiger partial charge in [0.1, 0.15) is 0 Å². The molecule has 1 aromatic carbocycles. The Balaban J connectivity index is 0.00000180. The SMILES string of the molecule is Cc1ccc(C(=O)NC2CCNC(C)C2)cc1Br.Cl. The van der Waals surface area contributed by atoms with Crippen LogP contribution in [0.4, 0.5) is 0 Å². The van der Waals surface area contributed by atoms with Crippen LogP contribution in [0.25, 0.3) is 0 Å². The van der Waals surface area contributed by atoms with Gasteiger partial charge in [0.05, 0.1) is 0 Å². The number of benzene rings is 1. The van der Waals surface area contributed by atoms with Crippen LogP contribution in [-0.4, -0.2) is 24.5 Å². The lowest BCUT2D eigenvalue weighted by molar-refractivity contribution is 0.0925. The number of amides is 1. The Morgan fingerprint density at radius 3 is 2.84 bits per heavy atom. The number of halogens is 2. The van der Waals surface area contributed by atoms with Crippen molar-refractivity contribution < 1.29 is 4.79 Å². The van der Waals surface area contributed by atoms with Gasteiger partial charge in [-0.15, -0.1) is 12.4 Å². The van der Waals surface area contributed by atoms with Gasteiger partial charge in [0, 0.05) is 22.1 Å². The zero-order chi connectivity index (χ0) is 13.1. The molecule has 2 unspecified atom stereocenters. The summed E-state index contributed by atoms with van der Waals surface area (Å²) in [5, 5.41) is 6.50. The van der Waals surface area contributed by atoms with E-state index in [2.05, 4.69) is 33.5 Å². The maximum absolute atomic E-state index is 12.1. The maximum Gasteiger partial charge on any atom is 0.251 e. The second-order valence-corrected chi connectivity index (χ2v) is 5.87. The highest BCUT2D eigenvalue weighted by Crippen LogP contribution is 2.18. The van der Waals surface area contributed by atoms with Crippen molar-refractivity contribution >= 4 is 34.2 Å². The molecule has 0 aliphatic carbocycles. The molecule has 0 aromatic heterocycles. The molecule has 0 saturated carbocycles. The van der Waals surface area contributed by atoms with Gasteiger partial charge >= 0.3 is 0 Å². The van der Waals surface area contributed by atoms with Crippen molar-refractivity contribution in [1.82, 2.24) is 10.6 Å². The summed E-state index contributed by atoms with van der Waals surface area (Å²) in [7, 11) is 0. The first-order valence-corrected chi connectivity index (χ1v) is 7.16. The Labute approximate surface area is 129 Å². The summed E-state index contributed by atoms with van der Waals surface area (Å²) in [6, 6.07) is 6.49. The van der Waals surface area contributed by atoms with Gasteiger partial charge in [-0.2, -0.15) is 0 Å². The molecule has 2 atom stereocenters. The molecule has 1 aliphatic heterocycles. The van der Waals surface area contributed by atoms with Gasteiger partial charge in [0.15, 0.2) is 0 Å². The quantitative estimate of drug-likeness (QED) is 0.863. The highest BCUT2D eigenvalue weighted by atomic mass is 79.9. The summed E-state index contributed by atoms with van der Waals surface area (Å²) >= 11 is 3.46. The molecule has 1 fully saturated rings. The highest BCUT2D eigenvalue weighted by molar-refractivity contribution is 9.10. The van der Waals surface area contributed by atoms with Gasteiger partial charge in [-0.3, -0.25) is 4.79 Å². The molecular formula is C14H20BrClN2O. The molecule has 0 bridgehead atoms. The first kappa shape index (κ1) is 16.5. The number of carbonyl (C=O) groups excluding carboxylic acids is 1. The lowest BCUT2D eigenvalue weighted by Crippen LogP contribution is -2.46. The molecule has 3 nitrogen and oxygen atoms in total. The average Bonchev–Trinajstić information content (AvgIpc) is 2.32. The fourth-order valence-electron chi connectivity index (χ4n) is 2.27. The minimum absolute atomic E-state index is 0. The van der Waals surface area contributed by atoms with E-state index in [0.717, 1.165) is 35.0 Å². The smallest absolute Gasteiger partial charge is 0.251 e. The van der Waals surface area contributed by atoms with Crippen molar-refractivity contribution in [1.29, 1.82) is 0 Å². The third kappa shape index (κ3) is 4.48. The minimum atomic E-state index is 0. The van der Waals surface area contributed by atoms with Crippen molar-refractivity contribution in [3.05, 3.63) is 33.8 Å². The molecule has 1 aliphatic rings. The van der Waals surface area contributed by atoms with Crippen molar-refractivity contribution in [3.63, 3.8) is 0 Å². The lowest BCUT2D eigenvalue weighted by atomic mass is 10.00. The fourth-order valence-corrected chi connectivity index (χ4v) is 2.64. The molecule has 0 spiro atoms. The van der Waals surface area contributed by atoms with Gasteiger partial charge in [-0.25, -0.2) is 0 Å². The molecule has 1 aromatic rings. The third-order valence-corrected chi connectivity index (χ3v) is 4.25. The van der Waals surface area contributed by atoms with E-state index in [1.165, 1.54) is 0 Å². The number of carbonyl (C=O) groups is 1. The number of aryl methyl sites for hydroxylation is 1. The van der Waals surface area contributed by atoms with Crippen LogP contribution in [0.15, 0.2) is 22.7 Å². The van der Waals surface area contributed by atoms with Crippen molar-refractivity contribution in [2.75, 3.05) is 6.54 Å². The Kier molecular flexibility index (Phi) is 6.30. The van der Waals surface area contributed by atoms with Gasteiger partial charge in [-0.1, -0.05) is 22.0 Å². The monoisotopic (exact) mass is 346 g/mol. The van der Waals surface area contributed by atoms with Crippen LogP contribution in [-0.2, 0) is 0 Å². The first-order chi connectivity index (χ1) is 8.56. The topological polar surface area (TPSA) is 41.1 Å². The molecule has 5 heteroatoms. The van der Waals surface area contributed by atoms with E-state index >= 15 is 0 Å². The second kappa shape index (κ2) is 7.27. The van der Waals surface area contributed by atoms with Gasteiger partial charge in [0.25, 0.3) is 5.91 Å². The number of hydrogen-bond acceptors (Lipinski definition) is 2. The number of rotatable bonds is 2. The third-order valence-electron chi connectivity index (χ3n) is 3.39. The Hall–Kier alpha value is -0.580. The van der Waals surface area contributed by atoms with Crippen LogP contribution in [0.1, 0.15) is 35.7 Å². The van der Waals surface area contributed by atoms with Crippen molar-refractivity contribution in [3.8, 4) is 0 Å². The van der Waals surface area contributed by atoms with Crippen molar-refractivity contribution in [2.24, 2.45) is 0 Å². The number of nitrogens with one attached hydrogen (secondary N) is 2. The second-order valence-electron chi connectivity index (χ2n) is 5.01. The van der Waals surface area contributed by atoms with Gasteiger partial charge in [0.2, 0.25) is 0 Å². The molecule has 1 heterocycles. The van der Waals surface area contributed by atoms with Crippen molar-refractivity contribution in [2.45, 2.75) is 38.8 Å². The van der Waals surface area contributed by atoms with Crippen LogP contribution < -0.4 is 10.6 Å². The summed E-state index contributed by atoms with van der Waals surface area (Å²) in [5.41, 5.74) is 1.86. The van der Waals surface area contributed by atoms with E-state index in [1.807, 2.05) is 25.1 Å². The Morgan fingerprint density at radius 2 is 2.21 bits per heavy atom. The molecule has 2 N–H and O–H groups in total. The number of piperidine rings is 1. The molecule has 2 rings (SSSR count). The summed E-state index contributed by atoms with van der Waals surface area (Å²) < 4.78 is 0.980. The van der Waals surface area contributed by atoms with E-state index in [0.29, 0.717) is 6.04 Å². The molecule has 106 valence electrons. The predicted molar refractivity (Wildman–Crippen MR) is 84.1 cm³/mol. The Morgan fingerprint density at radius 1 is 1.47 bits per heavy atom. The molecular weight excluding hydrogens is 328 g/mol. The predicted octanol–water partition coefficient (Wildman–Crippen LogP) is 3.05. The summed E-state index contributed by atoms with van der Waals surface area (Å²) in [6.45, 7) is 5.14. The highest BCUT2D eigenvalue weighted by Gasteiger charge is 2.20. The van der Waals surface area contributed by atoms with E-state index in [4.69, 9.17) is 0 Å². The lowest BCUT2D eigenvalue weighted by Gasteiger charge is -2.28. The van der Waals surface area contributed by atoms with Crippen LogP contribution >= 0.6 is 28.3 Å². The summed E-state index contributed by atoms with van der Waals surface area (Å²) in [4.78, 5) is 12.1. The van der Waals surface area contributed by atoms with E-state index in [-0.39, 0.29) is 24.4 Å². The van der Waals surface area contributed by atoms with Crippen LogP contribution in [0, 0.1) is 6.92 Å². The van der Waals surface area contributed by atoms with Crippen LogP contribution in [0.2, 0.25) is 0 Å². The fraction of sp³-hybridized carbons (Fsp3) is 0.500. The summed E-state index contributed by atoms with van der Waals surface area (Å²) in [6.07, 6.45) is 2.00. The standard InChI is InChI=1S/C14H19BrN2O.ClH/c1-9-3-4-11(8-13(9)15)14(18)17-12-5-6-16-10(2)7-12;/h3-4,8,10,12,16H,5-7H2,1-2H3,(H,17,18);1H. The van der Waals surface area contributed by atoms with Crippen LogP contribution in [0.3, 0.4) is 0 Å². The zero-order valence-corrected chi connectivity index (χ0v) is 13.6. The maximum atomic E-state index is 12.1. The minimum Gasteiger partial charge on any atom is -0.349 e. The largest absolute Gasteiger partial charge is 0.349 e. The molecule has 1 saturated heterocycles. The average molecular weight is 348 g/mol. The zero-order valence-electron chi connectivity index (χ0n) is 11.2. The normalized spacial score (nSPS) is 22.5.